The van der Waals surface area contributed by atoms with Crippen molar-refractivity contribution in [2.24, 2.45) is 7.05 Å². The van der Waals surface area contributed by atoms with E-state index in [1.54, 1.807) is 6.20 Å². The number of aliphatic hydroxyl groups excluding tert-OH is 2. The van der Waals surface area contributed by atoms with Crippen molar-refractivity contribution >= 4 is 0 Å². The van der Waals surface area contributed by atoms with Crippen LogP contribution >= 0.6 is 0 Å². The highest BCUT2D eigenvalue weighted by molar-refractivity contribution is 4.91. The summed E-state index contributed by atoms with van der Waals surface area (Å²) in [6.07, 6.45) is 4.44. The molecule has 1 rings (SSSR count). The summed E-state index contributed by atoms with van der Waals surface area (Å²) in [6.45, 7) is 0.616. The maximum atomic E-state index is 8.79. The van der Waals surface area contributed by atoms with Crippen molar-refractivity contribution in [3.8, 4) is 0 Å². The zero-order valence-corrected chi connectivity index (χ0v) is 8.35. The molecule has 5 heteroatoms. The number of nitrogens with one attached hydrogen (secondary N) is 1. The first-order valence-corrected chi connectivity index (χ1v) is 4.69. The van der Waals surface area contributed by atoms with Crippen LogP contribution in [0.1, 0.15) is 5.82 Å². The Balaban J connectivity index is 2.24. The molecule has 0 aromatic carbocycles. The number of rotatable bonds is 6. The van der Waals surface area contributed by atoms with Gasteiger partial charge in [-0.1, -0.05) is 0 Å². The van der Waals surface area contributed by atoms with E-state index in [4.69, 9.17) is 10.2 Å². The molecule has 0 atom stereocenters. The zero-order chi connectivity index (χ0) is 10.4. The van der Waals surface area contributed by atoms with Gasteiger partial charge in [-0.15, -0.1) is 0 Å². The number of aryl methyl sites for hydroxylation is 1. The van der Waals surface area contributed by atoms with Crippen molar-refractivity contribution < 1.29 is 10.2 Å². The van der Waals surface area contributed by atoms with E-state index in [1.165, 1.54) is 0 Å². The summed E-state index contributed by atoms with van der Waals surface area (Å²) in [5, 5.41) is 20.6. The summed E-state index contributed by atoms with van der Waals surface area (Å²) >= 11 is 0. The van der Waals surface area contributed by atoms with Crippen molar-refractivity contribution in [2.75, 3.05) is 19.8 Å². The van der Waals surface area contributed by atoms with Crippen LogP contribution in [-0.4, -0.2) is 45.6 Å². The third kappa shape index (κ3) is 3.10. The molecule has 0 radical (unpaired) electrons. The van der Waals surface area contributed by atoms with Crippen LogP contribution in [0.2, 0.25) is 0 Å². The molecule has 3 N–H and O–H groups in total. The molecule has 0 saturated carbocycles. The van der Waals surface area contributed by atoms with E-state index in [2.05, 4.69) is 10.3 Å². The van der Waals surface area contributed by atoms with E-state index < -0.39 is 0 Å². The molecule has 5 nitrogen and oxygen atoms in total. The quantitative estimate of drug-likeness (QED) is 0.544. The highest BCUT2D eigenvalue weighted by atomic mass is 16.3. The molecule has 0 aliphatic rings. The van der Waals surface area contributed by atoms with Gasteiger partial charge in [0.25, 0.3) is 0 Å². The Kier molecular flexibility index (Phi) is 4.58. The van der Waals surface area contributed by atoms with Crippen molar-refractivity contribution in [3.63, 3.8) is 0 Å². The summed E-state index contributed by atoms with van der Waals surface area (Å²) < 4.78 is 1.95. The van der Waals surface area contributed by atoms with Crippen LogP contribution in [0.25, 0.3) is 0 Å². The molecular formula is C9H17N3O2. The standard InChI is InChI=1S/C9H17N3O2/c1-12-5-4-11-9(12)2-3-10-8(6-13)7-14/h4-5,8,10,13-14H,2-3,6-7H2,1H3. The van der Waals surface area contributed by atoms with Crippen LogP contribution in [-0.2, 0) is 13.5 Å². The molecule has 0 aliphatic heterocycles. The van der Waals surface area contributed by atoms with Gasteiger partial charge in [-0.05, 0) is 0 Å². The highest BCUT2D eigenvalue weighted by Crippen LogP contribution is 1.94. The third-order valence-electron chi connectivity index (χ3n) is 2.14. The van der Waals surface area contributed by atoms with Crippen LogP contribution in [0.3, 0.4) is 0 Å². The first-order valence-electron chi connectivity index (χ1n) is 4.69. The Morgan fingerprint density at radius 3 is 2.71 bits per heavy atom. The second-order valence-electron chi connectivity index (χ2n) is 3.22. The van der Waals surface area contributed by atoms with Gasteiger partial charge in [0.05, 0.1) is 19.3 Å². The second kappa shape index (κ2) is 5.74. The molecule has 0 fully saturated rings. The van der Waals surface area contributed by atoms with Crippen LogP contribution in [0.5, 0.6) is 0 Å². The summed E-state index contributed by atoms with van der Waals surface area (Å²) in [5.74, 6) is 0.993. The van der Waals surface area contributed by atoms with Gasteiger partial charge in [0.15, 0.2) is 0 Å². The summed E-state index contributed by atoms with van der Waals surface area (Å²) in [4.78, 5) is 4.16. The number of imidazole rings is 1. The summed E-state index contributed by atoms with van der Waals surface area (Å²) in [6, 6.07) is -0.227. The lowest BCUT2D eigenvalue weighted by atomic mass is 10.3. The molecule has 1 heterocycles. The van der Waals surface area contributed by atoms with E-state index in [1.807, 2.05) is 17.8 Å². The molecule has 0 saturated heterocycles. The number of nitrogens with zero attached hydrogens (tertiary/aromatic N) is 2. The Bertz CT molecular complexity index is 258. The van der Waals surface area contributed by atoms with E-state index >= 15 is 0 Å². The van der Waals surface area contributed by atoms with Gasteiger partial charge in [0.2, 0.25) is 0 Å². The minimum Gasteiger partial charge on any atom is -0.395 e. The molecule has 14 heavy (non-hydrogen) atoms. The fourth-order valence-electron chi connectivity index (χ4n) is 1.21. The molecule has 0 spiro atoms. The Morgan fingerprint density at radius 1 is 1.50 bits per heavy atom. The molecule has 1 aromatic rings. The predicted molar refractivity (Wildman–Crippen MR) is 52.9 cm³/mol. The number of hydrogen-bond donors (Lipinski definition) is 3. The van der Waals surface area contributed by atoms with Crippen molar-refractivity contribution in [2.45, 2.75) is 12.5 Å². The minimum absolute atomic E-state index is 0.0446. The zero-order valence-electron chi connectivity index (χ0n) is 8.35. The first kappa shape index (κ1) is 11.2. The highest BCUT2D eigenvalue weighted by Gasteiger charge is 2.04. The van der Waals surface area contributed by atoms with Crippen molar-refractivity contribution in [1.29, 1.82) is 0 Å². The topological polar surface area (TPSA) is 70.3 Å². The van der Waals surface area contributed by atoms with Crippen molar-refractivity contribution in [1.82, 2.24) is 14.9 Å². The van der Waals surface area contributed by atoms with Gasteiger partial charge in [-0.3, -0.25) is 0 Å². The van der Waals surface area contributed by atoms with Crippen molar-refractivity contribution in [3.05, 3.63) is 18.2 Å². The summed E-state index contributed by atoms with van der Waals surface area (Å²) in [5.41, 5.74) is 0. The Morgan fingerprint density at radius 2 is 2.21 bits per heavy atom. The second-order valence-corrected chi connectivity index (χ2v) is 3.22. The molecule has 0 aliphatic carbocycles. The predicted octanol–water partition coefficient (Wildman–Crippen LogP) is -1.09. The lowest BCUT2D eigenvalue weighted by Crippen LogP contribution is -2.37. The first-order chi connectivity index (χ1) is 6.77. The Labute approximate surface area is 83.4 Å². The van der Waals surface area contributed by atoms with Gasteiger partial charge in [0.1, 0.15) is 5.82 Å². The van der Waals surface area contributed by atoms with Crippen LogP contribution in [0, 0.1) is 0 Å². The maximum absolute atomic E-state index is 8.79. The molecule has 0 unspecified atom stereocenters. The average Bonchev–Trinajstić information content (AvgIpc) is 2.59. The fraction of sp³-hybridized carbons (Fsp3) is 0.667. The molecule has 0 amide bonds. The van der Waals surface area contributed by atoms with Crippen LogP contribution < -0.4 is 5.32 Å². The molecule has 80 valence electrons. The van der Waals surface area contributed by atoms with Gasteiger partial charge in [-0.25, -0.2) is 4.98 Å². The SMILES string of the molecule is Cn1ccnc1CCNC(CO)CO. The maximum Gasteiger partial charge on any atom is 0.109 e. The monoisotopic (exact) mass is 199 g/mol. The molecule has 0 bridgehead atoms. The third-order valence-corrected chi connectivity index (χ3v) is 2.14. The fourth-order valence-corrected chi connectivity index (χ4v) is 1.21. The van der Waals surface area contributed by atoms with Gasteiger partial charge in [-0.2, -0.15) is 0 Å². The number of aliphatic hydroxyl groups is 2. The summed E-state index contributed by atoms with van der Waals surface area (Å²) in [7, 11) is 1.94. The van der Waals surface area contributed by atoms with Crippen LogP contribution in [0.15, 0.2) is 12.4 Å². The smallest absolute Gasteiger partial charge is 0.109 e. The van der Waals surface area contributed by atoms with Gasteiger partial charge >= 0.3 is 0 Å². The van der Waals surface area contributed by atoms with E-state index in [0.717, 1.165) is 12.2 Å². The molecular weight excluding hydrogens is 182 g/mol. The van der Waals surface area contributed by atoms with E-state index in [9.17, 15) is 0 Å². The molecule has 1 aromatic heterocycles. The average molecular weight is 199 g/mol. The van der Waals surface area contributed by atoms with Gasteiger partial charge < -0.3 is 20.1 Å². The van der Waals surface area contributed by atoms with Crippen LogP contribution in [0.4, 0.5) is 0 Å². The number of hydrogen-bond acceptors (Lipinski definition) is 4. The van der Waals surface area contributed by atoms with Gasteiger partial charge in [0, 0.05) is 32.4 Å². The van der Waals surface area contributed by atoms with E-state index in [0.29, 0.717) is 6.54 Å². The largest absolute Gasteiger partial charge is 0.395 e. The lowest BCUT2D eigenvalue weighted by molar-refractivity contribution is 0.171. The van der Waals surface area contributed by atoms with E-state index in [-0.39, 0.29) is 19.3 Å². The number of aromatic nitrogens is 2. The normalized spacial score (nSPS) is 11.1. The Hall–Kier alpha value is -0.910. The minimum atomic E-state index is -0.227. The lowest BCUT2D eigenvalue weighted by Gasteiger charge is -2.12.